The minimum atomic E-state index is -0.828. The van der Waals surface area contributed by atoms with Crippen LogP contribution in [0.2, 0.25) is 0 Å². The van der Waals surface area contributed by atoms with Gasteiger partial charge in [-0.2, -0.15) is 0 Å². The molecule has 1 aliphatic heterocycles. The molecule has 140 valence electrons. The van der Waals surface area contributed by atoms with Crippen LogP contribution in [0, 0.1) is 5.92 Å². The molecule has 2 fully saturated rings. The number of anilines is 1. The molecule has 1 heterocycles. The first-order chi connectivity index (χ1) is 12.3. The molecule has 6 nitrogen and oxygen atoms in total. The highest BCUT2D eigenvalue weighted by Gasteiger charge is 2.55. The number of amides is 4. The SMILES string of the molecule is CC(C)c1ccccc1NC(=O)CN1C(=O)N[C@@]2(CCCC[C@H]2C)C1=O. The van der Waals surface area contributed by atoms with E-state index < -0.39 is 11.6 Å². The minimum Gasteiger partial charge on any atom is -0.324 e. The van der Waals surface area contributed by atoms with Gasteiger partial charge in [0, 0.05) is 5.69 Å². The lowest BCUT2D eigenvalue weighted by Gasteiger charge is -2.36. The van der Waals surface area contributed by atoms with Crippen LogP contribution in [0.5, 0.6) is 0 Å². The van der Waals surface area contributed by atoms with Crippen LogP contribution in [0.25, 0.3) is 0 Å². The first-order valence-electron chi connectivity index (χ1n) is 9.38. The Bertz CT molecular complexity index is 731. The molecule has 0 unspecified atom stereocenters. The number of nitrogens with one attached hydrogen (secondary N) is 2. The predicted molar refractivity (Wildman–Crippen MR) is 99.8 cm³/mol. The van der Waals surface area contributed by atoms with Crippen LogP contribution in [0.4, 0.5) is 10.5 Å². The Labute approximate surface area is 154 Å². The van der Waals surface area contributed by atoms with E-state index in [4.69, 9.17) is 0 Å². The van der Waals surface area contributed by atoms with E-state index in [0.29, 0.717) is 6.42 Å². The standard InChI is InChI=1S/C20H27N3O3/c1-13(2)15-9-4-5-10-16(15)21-17(24)12-23-18(25)20(22-19(23)26)11-7-6-8-14(20)3/h4-5,9-10,13-14H,6-8,11-12H2,1-3H3,(H,21,24)(H,22,26)/t14-,20-/m1/s1. The molecule has 0 radical (unpaired) electrons. The summed E-state index contributed by atoms with van der Waals surface area (Å²) < 4.78 is 0. The van der Waals surface area contributed by atoms with E-state index in [0.717, 1.165) is 35.4 Å². The van der Waals surface area contributed by atoms with Gasteiger partial charge in [-0.1, -0.05) is 51.8 Å². The number of carbonyl (C=O) groups is 3. The van der Waals surface area contributed by atoms with Gasteiger partial charge in [0.05, 0.1) is 0 Å². The Balaban J connectivity index is 1.72. The van der Waals surface area contributed by atoms with Crippen LogP contribution in [-0.2, 0) is 9.59 Å². The summed E-state index contributed by atoms with van der Waals surface area (Å²) in [7, 11) is 0. The molecular weight excluding hydrogens is 330 g/mol. The van der Waals surface area contributed by atoms with E-state index in [9.17, 15) is 14.4 Å². The third kappa shape index (κ3) is 3.20. The summed E-state index contributed by atoms with van der Waals surface area (Å²) in [5, 5.41) is 5.72. The Morgan fingerprint density at radius 2 is 2.04 bits per heavy atom. The van der Waals surface area contributed by atoms with Crippen molar-refractivity contribution >= 4 is 23.5 Å². The van der Waals surface area contributed by atoms with Gasteiger partial charge < -0.3 is 10.6 Å². The van der Waals surface area contributed by atoms with Crippen LogP contribution in [0.1, 0.15) is 57.9 Å². The van der Waals surface area contributed by atoms with Crippen molar-refractivity contribution in [3.05, 3.63) is 29.8 Å². The molecule has 1 aromatic carbocycles. The lowest BCUT2D eigenvalue weighted by molar-refractivity contribution is -0.136. The fraction of sp³-hybridized carbons (Fsp3) is 0.550. The summed E-state index contributed by atoms with van der Waals surface area (Å²) in [5.74, 6) is -0.277. The molecule has 0 bridgehead atoms. The van der Waals surface area contributed by atoms with E-state index in [1.54, 1.807) is 0 Å². The van der Waals surface area contributed by atoms with Crippen molar-refractivity contribution < 1.29 is 14.4 Å². The van der Waals surface area contributed by atoms with Crippen molar-refractivity contribution in [1.82, 2.24) is 10.2 Å². The van der Waals surface area contributed by atoms with Gasteiger partial charge in [-0.15, -0.1) is 0 Å². The van der Waals surface area contributed by atoms with Crippen molar-refractivity contribution in [1.29, 1.82) is 0 Å². The van der Waals surface area contributed by atoms with Gasteiger partial charge in [0.25, 0.3) is 5.91 Å². The summed E-state index contributed by atoms with van der Waals surface area (Å²) in [4.78, 5) is 38.9. The van der Waals surface area contributed by atoms with Crippen LogP contribution in [0.3, 0.4) is 0 Å². The summed E-state index contributed by atoms with van der Waals surface area (Å²) >= 11 is 0. The van der Waals surface area contributed by atoms with Crippen LogP contribution in [-0.4, -0.2) is 34.8 Å². The third-order valence-electron chi connectivity index (χ3n) is 5.66. The van der Waals surface area contributed by atoms with E-state index in [-0.39, 0.29) is 30.2 Å². The molecule has 2 aliphatic rings. The van der Waals surface area contributed by atoms with Gasteiger partial charge in [-0.25, -0.2) is 4.79 Å². The fourth-order valence-corrected chi connectivity index (χ4v) is 4.09. The first kappa shape index (κ1) is 18.4. The Morgan fingerprint density at radius 3 is 2.73 bits per heavy atom. The molecule has 1 spiro atoms. The second-order valence-corrected chi connectivity index (χ2v) is 7.73. The van der Waals surface area contributed by atoms with Gasteiger partial charge in [-0.05, 0) is 36.3 Å². The Hall–Kier alpha value is -2.37. The van der Waals surface area contributed by atoms with Crippen molar-refractivity contribution in [3.8, 4) is 0 Å². The largest absolute Gasteiger partial charge is 0.325 e. The van der Waals surface area contributed by atoms with E-state index in [2.05, 4.69) is 24.5 Å². The summed E-state index contributed by atoms with van der Waals surface area (Å²) in [6, 6.07) is 7.12. The molecule has 4 amide bonds. The number of hydrogen-bond acceptors (Lipinski definition) is 3. The molecule has 26 heavy (non-hydrogen) atoms. The maximum atomic E-state index is 12.9. The fourth-order valence-electron chi connectivity index (χ4n) is 4.09. The molecule has 1 saturated carbocycles. The highest BCUT2D eigenvalue weighted by molar-refractivity contribution is 6.10. The molecule has 3 rings (SSSR count). The maximum Gasteiger partial charge on any atom is 0.325 e. The lowest BCUT2D eigenvalue weighted by Crippen LogP contribution is -2.54. The second kappa shape index (κ2) is 7.09. The first-order valence-corrected chi connectivity index (χ1v) is 9.38. The summed E-state index contributed by atoms with van der Waals surface area (Å²) in [6.07, 6.45) is 3.54. The average Bonchev–Trinajstić information content (AvgIpc) is 2.83. The van der Waals surface area contributed by atoms with Gasteiger partial charge in [0.1, 0.15) is 12.1 Å². The van der Waals surface area contributed by atoms with Crippen LogP contribution >= 0.6 is 0 Å². The molecule has 1 aliphatic carbocycles. The van der Waals surface area contributed by atoms with Gasteiger partial charge in [-0.3, -0.25) is 14.5 Å². The third-order valence-corrected chi connectivity index (χ3v) is 5.66. The number of carbonyl (C=O) groups excluding carboxylic acids is 3. The highest BCUT2D eigenvalue weighted by Crippen LogP contribution is 2.38. The molecule has 1 saturated heterocycles. The number of nitrogens with zero attached hydrogens (tertiary/aromatic N) is 1. The number of hydrogen-bond donors (Lipinski definition) is 2. The Morgan fingerprint density at radius 1 is 1.31 bits per heavy atom. The normalized spacial score (nSPS) is 25.7. The molecule has 0 aromatic heterocycles. The molecule has 2 N–H and O–H groups in total. The van der Waals surface area contributed by atoms with Crippen LogP contribution < -0.4 is 10.6 Å². The summed E-state index contributed by atoms with van der Waals surface area (Å²) in [6.45, 7) is 5.85. The van der Waals surface area contributed by atoms with Gasteiger partial charge in [0.2, 0.25) is 5.91 Å². The Kier molecular flexibility index (Phi) is 5.03. The molecule has 6 heteroatoms. The molecule has 2 atom stereocenters. The van der Waals surface area contributed by atoms with Gasteiger partial charge in [0.15, 0.2) is 0 Å². The monoisotopic (exact) mass is 357 g/mol. The highest BCUT2D eigenvalue weighted by atomic mass is 16.2. The average molecular weight is 357 g/mol. The number of benzene rings is 1. The minimum absolute atomic E-state index is 0.0856. The summed E-state index contributed by atoms with van der Waals surface area (Å²) in [5.41, 5.74) is 0.918. The number of urea groups is 1. The van der Waals surface area contributed by atoms with Crippen molar-refractivity contribution in [2.75, 3.05) is 11.9 Å². The molecule has 1 aromatic rings. The zero-order chi connectivity index (χ0) is 18.9. The van der Waals surface area contributed by atoms with Crippen molar-refractivity contribution in [3.63, 3.8) is 0 Å². The van der Waals surface area contributed by atoms with Crippen molar-refractivity contribution in [2.45, 2.75) is 57.9 Å². The zero-order valence-corrected chi connectivity index (χ0v) is 15.7. The smallest absolute Gasteiger partial charge is 0.324 e. The number of para-hydroxylation sites is 1. The van der Waals surface area contributed by atoms with E-state index in [1.807, 2.05) is 31.2 Å². The second-order valence-electron chi connectivity index (χ2n) is 7.73. The lowest BCUT2D eigenvalue weighted by atomic mass is 9.73. The van der Waals surface area contributed by atoms with Gasteiger partial charge >= 0.3 is 6.03 Å². The predicted octanol–water partition coefficient (Wildman–Crippen LogP) is 3.25. The van der Waals surface area contributed by atoms with Crippen molar-refractivity contribution in [2.24, 2.45) is 5.92 Å². The molecular formula is C20H27N3O3. The number of rotatable bonds is 4. The van der Waals surface area contributed by atoms with Crippen LogP contribution in [0.15, 0.2) is 24.3 Å². The topological polar surface area (TPSA) is 78.5 Å². The van der Waals surface area contributed by atoms with E-state index in [1.165, 1.54) is 0 Å². The quantitative estimate of drug-likeness (QED) is 0.812. The van der Waals surface area contributed by atoms with E-state index >= 15 is 0 Å². The zero-order valence-electron chi connectivity index (χ0n) is 15.7. The maximum absolute atomic E-state index is 12.9. The number of imide groups is 1.